The van der Waals surface area contributed by atoms with Gasteiger partial charge in [0.15, 0.2) is 6.61 Å². The lowest BCUT2D eigenvalue weighted by atomic mass is 9.78. The van der Waals surface area contributed by atoms with E-state index in [0.29, 0.717) is 23.3 Å². The molecule has 0 spiro atoms. The molecule has 1 aliphatic rings. The van der Waals surface area contributed by atoms with Crippen molar-refractivity contribution in [1.29, 1.82) is 0 Å². The third-order valence-electron chi connectivity index (χ3n) is 5.02. The molecule has 0 aromatic heterocycles. The number of nitrogens with one attached hydrogen (secondary N) is 1. The Bertz CT molecular complexity index is 594. The Balaban J connectivity index is 1.95. The Morgan fingerprint density at radius 2 is 1.76 bits per heavy atom. The summed E-state index contributed by atoms with van der Waals surface area (Å²) in [6.45, 7) is 4.04. The number of carbonyl (C=O) groups is 2. The minimum absolute atomic E-state index is 0.135. The maximum absolute atomic E-state index is 12.4. The van der Waals surface area contributed by atoms with Gasteiger partial charge in [0.25, 0.3) is 5.91 Å². The summed E-state index contributed by atoms with van der Waals surface area (Å²) in [6.07, 6.45) is 3.26. The van der Waals surface area contributed by atoms with Crippen molar-refractivity contribution in [2.75, 3.05) is 20.8 Å². The van der Waals surface area contributed by atoms with Crippen LogP contribution in [0.25, 0.3) is 0 Å². The molecule has 0 bridgehead atoms. The van der Waals surface area contributed by atoms with Gasteiger partial charge in [0, 0.05) is 6.04 Å². The second-order valence-corrected chi connectivity index (χ2v) is 6.55. The number of hydrogen-bond acceptors (Lipinski definition) is 5. The quantitative estimate of drug-likeness (QED) is 0.800. The first-order valence-electron chi connectivity index (χ1n) is 8.65. The highest BCUT2D eigenvalue weighted by atomic mass is 16.5. The molecule has 0 saturated heterocycles. The van der Waals surface area contributed by atoms with Crippen LogP contribution >= 0.6 is 0 Å². The minimum atomic E-state index is -0.644. The molecular formula is C19H27NO5. The second kappa shape index (κ2) is 8.74. The molecule has 1 fully saturated rings. The van der Waals surface area contributed by atoms with Crippen LogP contribution in [0.3, 0.4) is 0 Å². The lowest BCUT2D eigenvalue weighted by Crippen LogP contribution is -2.45. The lowest BCUT2D eigenvalue weighted by Gasteiger charge is -2.34. The fourth-order valence-corrected chi connectivity index (χ4v) is 3.29. The molecule has 6 nitrogen and oxygen atoms in total. The van der Waals surface area contributed by atoms with Gasteiger partial charge in [0.1, 0.15) is 17.1 Å². The van der Waals surface area contributed by atoms with Crippen LogP contribution in [0.1, 0.15) is 43.5 Å². The fraction of sp³-hybridized carbons (Fsp3) is 0.579. The zero-order valence-electron chi connectivity index (χ0n) is 15.3. The van der Waals surface area contributed by atoms with Gasteiger partial charge in [-0.3, -0.25) is 4.79 Å². The first-order valence-corrected chi connectivity index (χ1v) is 8.65. The summed E-state index contributed by atoms with van der Waals surface area (Å²) < 4.78 is 15.5. The van der Waals surface area contributed by atoms with Crippen LogP contribution in [0.2, 0.25) is 0 Å². The van der Waals surface area contributed by atoms with Crippen molar-refractivity contribution in [3.63, 3.8) is 0 Å². The molecule has 25 heavy (non-hydrogen) atoms. The summed E-state index contributed by atoms with van der Waals surface area (Å²) in [5, 5.41) is 2.98. The summed E-state index contributed by atoms with van der Waals surface area (Å²) >= 11 is 0. The first kappa shape index (κ1) is 19.1. The maximum atomic E-state index is 12.4. The predicted octanol–water partition coefficient (Wildman–Crippen LogP) is 2.80. The highest BCUT2D eigenvalue weighted by molar-refractivity contribution is 5.96. The van der Waals surface area contributed by atoms with Crippen molar-refractivity contribution in [2.45, 2.75) is 39.2 Å². The third kappa shape index (κ3) is 4.65. The molecule has 0 unspecified atom stereocenters. The number of carbonyl (C=O) groups excluding carboxylic acids is 2. The molecule has 6 heteroatoms. The number of methoxy groups -OCH3 is 2. The molecule has 1 N–H and O–H groups in total. The summed E-state index contributed by atoms with van der Waals surface area (Å²) in [6, 6.07) is 5.14. The smallest absolute Gasteiger partial charge is 0.346 e. The molecule has 0 aliphatic heterocycles. The van der Waals surface area contributed by atoms with E-state index >= 15 is 0 Å². The Morgan fingerprint density at radius 1 is 1.12 bits per heavy atom. The molecule has 0 radical (unpaired) electrons. The van der Waals surface area contributed by atoms with E-state index in [1.807, 2.05) is 0 Å². The topological polar surface area (TPSA) is 73.9 Å². The average Bonchev–Trinajstić information content (AvgIpc) is 2.62. The van der Waals surface area contributed by atoms with Crippen LogP contribution in [-0.4, -0.2) is 38.7 Å². The molecule has 138 valence electrons. The van der Waals surface area contributed by atoms with Gasteiger partial charge in [0.05, 0.1) is 14.2 Å². The Labute approximate surface area is 148 Å². The van der Waals surface area contributed by atoms with Gasteiger partial charge >= 0.3 is 5.97 Å². The molecule has 2 rings (SSSR count). The van der Waals surface area contributed by atoms with Crippen LogP contribution in [0, 0.1) is 11.8 Å². The molecule has 1 aliphatic carbocycles. The Hall–Kier alpha value is -2.24. The van der Waals surface area contributed by atoms with Gasteiger partial charge in [0.2, 0.25) is 0 Å². The molecule has 1 aromatic carbocycles. The summed E-state index contributed by atoms with van der Waals surface area (Å²) in [4.78, 5) is 24.5. The van der Waals surface area contributed by atoms with Crippen molar-refractivity contribution in [2.24, 2.45) is 11.8 Å². The minimum Gasteiger partial charge on any atom is -0.496 e. The zero-order valence-corrected chi connectivity index (χ0v) is 15.3. The Morgan fingerprint density at radius 3 is 2.36 bits per heavy atom. The van der Waals surface area contributed by atoms with E-state index < -0.39 is 5.97 Å². The molecule has 0 heterocycles. The molecule has 1 aromatic rings. The summed E-state index contributed by atoms with van der Waals surface area (Å²) in [5.74, 6) is 0.767. The third-order valence-corrected chi connectivity index (χ3v) is 5.02. The number of esters is 1. The predicted molar refractivity (Wildman–Crippen MR) is 93.9 cm³/mol. The first-order chi connectivity index (χ1) is 12.0. The van der Waals surface area contributed by atoms with Crippen LogP contribution in [0.4, 0.5) is 0 Å². The number of amides is 1. The molecular weight excluding hydrogens is 322 g/mol. The van der Waals surface area contributed by atoms with E-state index in [0.717, 1.165) is 12.8 Å². The van der Waals surface area contributed by atoms with Gasteiger partial charge in [-0.15, -0.1) is 0 Å². The number of benzene rings is 1. The van der Waals surface area contributed by atoms with E-state index in [2.05, 4.69) is 19.2 Å². The standard InChI is InChI=1S/C19H27NO5/c1-12-7-5-8-14(13(12)2)20-17(21)11-25-19(22)18-15(23-3)9-6-10-16(18)24-4/h6,9-10,12-14H,5,7-8,11H2,1-4H3,(H,20,21)/t12-,13+,14-/m0/s1. The van der Waals surface area contributed by atoms with Crippen LogP contribution < -0.4 is 14.8 Å². The van der Waals surface area contributed by atoms with E-state index in [1.54, 1.807) is 18.2 Å². The van der Waals surface area contributed by atoms with Crippen LogP contribution in [0.5, 0.6) is 11.5 Å². The number of hydrogen-bond donors (Lipinski definition) is 1. The Kier molecular flexibility index (Phi) is 6.67. The van der Waals surface area contributed by atoms with Crippen molar-refractivity contribution >= 4 is 11.9 Å². The van der Waals surface area contributed by atoms with Gasteiger partial charge in [-0.25, -0.2) is 4.79 Å². The molecule has 1 saturated carbocycles. The summed E-state index contributed by atoms with van der Waals surface area (Å²) in [5.41, 5.74) is 0.181. The number of ether oxygens (including phenoxy) is 3. The highest BCUT2D eigenvalue weighted by Crippen LogP contribution is 2.30. The summed E-state index contributed by atoms with van der Waals surface area (Å²) in [7, 11) is 2.92. The van der Waals surface area contributed by atoms with Gasteiger partial charge in [-0.1, -0.05) is 32.8 Å². The van der Waals surface area contributed by atoms with Crippen molar-refractivity contribution in [3.05, 3.63) is 23.8 Å². The monoisotopic (exact) mass is 349 g/mol. The van der Waals surface area contributed by atoms with E-state index in [4.69, 9.17) is 14.2 Å². The van der Waals surface area contributed by atoms with Crippen molar-refractivity contribution < 1.29 is 23.8 Å². The van der Waals surface area contributed by atoms with E-state index in [1.165, 1.54) is 20.6 Å². The van der Waals surface area contributed by atoms with Crippen LogP contribution in [-0.2, 0) is 9.53 Å². The normalized spacial score (nSPS) is 22.8. The average molecular weight is 349 g/mol. The van der Waals surface area contributed by atoms with Crippen LogP contribution in [0.15, 0.2) is 18.2 Å². The van der Waals surface area contributed by atoms with Gasteiger partial charge < -0.3 is 19.5 Å². The second-order valence-electron chi connectivity index (χ2n) is 6.55. The largest absolute Gasteiger partial charge is 0.496 e. The van der Waals surface area contributed by atoms with Crippen molar-refractivity contribution in [3.8, 4) is 11.5 Å². The zero-order chi connectivity index (χ0) is 18.4. The SMILES string of the molecule is COc1cccc(OC)c1C(=O)OCC(=O)N[C@H]1CCC[C@H](C)[C@H]1C. The number of rotatable bonds is 6. The van der Waals surface area contributed by atoms with E-state index in [-0.39, 0.29) is 24.1 Å². The van der Waals surface area contributed by atoms with Gasteiger partial charge in [-0.2, -0.15) is 0 Å². The lowest BCUT2D eigenvalue weighted by molar-refractivity contribution is -0.125. The van der Waals surface area contributed by atoms with E-state index in [9.17, 15) is 9.59 Å². The van der Waals surface area contributed by atoms with Gasteiger partial charge in [-0.05, 0) is 30.4 Å². The fourth-order valence-electron chi connectivity index (χ4n) is 3.29. The maximum Gasteiger partial charge on any atom is 0.346 e. The molecule has 1 amide bonds. The molecule has 3 atom stereocenters. The highest BCUT2D eigenvalue weighted by Gasteiger charge is 2.28. The van der Waals surface area contributed by atoms with Crippen molar-refractivity contribution in [1.82, 2.24) is 5.32 Å².